The lowest BCUT2D eigenvalue weighted by molar-refractivity contribution is -0.852. The number of imide groups is 1. The van der Waals surface area contributed by atoms with Gasteiger partial charge in [-0.3, -0.25) is 9.59 Å². The monoisotopic (exact) mass is 462 g/mol. The number of pyridine rings is 1. The van der Waals surface area contributed by atoms with Crippen molar-refractivity contribution < 1.29 is 28.3 Å². The van der Waals surface area contributed by atoms with Gasteiger partial charge in [0.25, 0.3) is 5.91 Å². The maximum atomic E-state index is 13.8. The number of hydrogen-bond donors (Lipinski definition) is 0. The van der Waals surface area contributed by atoms with Crippen molar-refractivity contribution in [3.63, 3.8) is 0 Å². The fourth-order valence-corrected chi connectivity index (χ4v) is 5.45. The molecule has 3 amide bonds. The number of rotatable bonds is 6. The highest BCUT2D eigenvalue weighted by atomic mass is 16.5. The summed E-state index contributed by atoms with van der Waals surface area (Å²) in [6, 6.07) is 7.23. The standard InChI is InChI=1S/C24H24N5O5/c1-14-6-16(10-26-17(14)9-25)28-23(31)19-12-27-11-18(29(19,13-27)24(28)32)20(30)7-15-4-5-21(33-2)22(8-15)34-3/h4-6,8,10,18-19H,7,11-13H2,1-3H3/q+1. The third kappa shape index (κ3) is 3.01. The molecule has 3 saturated heterocycles. The van der Waals surface area contributed by atoms with E-state index in [1.165, 1.54) is 13.3 Å². The van der Waals surface area contributed by atoms with E-state index in [2.05, 4.69) is 4.98 Å². The number of nitrogens with zero attached hydrogens (tertiary/aromatic N) is 5. The summed E-state index contributed by atoms with van der Waals surface area (Å²) in [6.07, 6.45) is 1.49. The van der Waals surface area contributed by atoms with Gasteiger partial charge in [0.2, 0.25) is 0 Å². The van der Waals surface area contributed by atoms with E-state index < -0.39 is 18.1 Å². The molecule has 1 aromatic heterocycles. The summed E-state index contributed by atoms with van der Waals surface area (Å²) in [5, 5.41) is 9.15. The zero-order chi connectivity index (χ0) is 24.2. The number of hydrogen-bond acceptors (Lipinski definition) is 8. The van der Waals surface area contributed by atoms with Crippen LogP contribution in [0.2, 0.25) is 0 Å². The molecular weight excluding hydrogens is 438 g/mol. The van der Waals surface area contributed by atoms with Crippen LogP contribution < -0.4 is 14.4 Å². The van der Waals surface area contributed by atoms with Crippen LogP contribution in [0.3, 0.4) is 0 Å². The zero-order valence-corrected chi connectivity index (χ0v) is 19.1. The molecule has 5 rings (SSSR count). The predicted octanol–water partition coefficient (Wildman–Crippen LogP) is 1.40. The molecule has 0 saturated carbocycles. The number of urea groups is 1. The van der Waals surface area contributed by atoms with Crippen molar-refractivity contribution in [2.45, 2.75) is 25.4 Å². The van der Waals surface area contributed by atoms with Gasteiger partial charge in [-0.2, -0.15) is 10.2 Å². The Hall–Kier alpha value is -3.81. The van der Waals surface area contributed by atoms with E-state index >= 15 is 0 Å². The maximum absolute atomic E-state index is 13.8. The lowest BCUT2D eigenvalue weighted by Crippen LogP contribution is -2.62. The van der Waals surface area contributed by atoms with Crippen LogP contribution in [0, 0.1) is 18.3 Å². The Morgan fingerprint density at radius 3 is 2.65 bits per heavy atom. The van der Waals surface area contributed by atoms with Crippen molar-refractivity contribution in [3.05, 3.63) is 47.3 Å². The van der Waals surface area contributed by atoms with Crippen LogP contribution in [0.15, 0.2) is 30.5 Å². The summed E-state index contributed by atoms with van der Waals surface area (Å²) in [6.45, 7) is 2.90. The Morgan fingerprint density at radius 1 is 1.21 bits per heavy atom. The summed E-state index contributed by atoms with van der Waals surface area (Å²) in [7, 11) is 3.08. The molecule has 4 unspecified atom stereocenters. The molecular formula is C24H24N5O5+. The van der Waals surface area contributed by atoms with Crippen LogP contribution in [0.4, 0.5) is 10.5 Å². The van der Waals surface area contributed by atoms with Crippen LogP contribution in [0.25, 0.3) is 0 Å². The number of ketones is 1. The number of ether oxygens (including phenoxy) is 2. The van der Waals surface area contributed by atoms with E-state index in [9.17, 15) is 14.4 Å². The fourth-order valence-electron chi connectivity index (χ4n) is 5.45. The number of Topliss-reactive ketones (excluding diaryl/α,β-unsaturated/α-hetero) is 1. The summed E-state index contributed by atoms with van der Waals surface area (Å²) >= 11 is 0. The molecule has 4 heterocycles. The van der Waals surface area contributed by atoms with Gasteiger partial charge in [0, 0.05) is 6.42 Å². The van der Waals surface area contributed by atoms with E-state index in [0.717, 1.165) is 10.5 Å². The summed E-state index contributed by atoms with van der Waals surface area (Å²) < 4.78 is 10.4. The lowest BCUT2D eigenvalue weighted by Gasteiger charge is -2.32. The number of nitriles is 1. The van der Waals surface area contributed by atoms with Crippen molar-refractivity contribution in [2.24, 2.45) is 0 Å². The first kappa shape index (κ1) is 22.0. The van der Waals surface area contributed by atoms with Gasteiger partial charge in [-0.1, -0.05) is 6.07 Å². The molecule has 1 aromatic carbocycles. The van der Waals surface area contributed by atoms with Gasteiger partial charge in [-0.15, -0.1) is 0 Å². The fraction of sp³-hybridized carbons (Fsp3) is 0.375. The quantitative estimate of drug-likeness (QED) is 0.468. The van der Waals surface area contributed by atoms with E-state index in [0.29, 0.717) is 42.5 Å². The molecule has 10 nitrogen and oxygen atoms in total. The molecule has 10 heteroatoms. The largest absolute Gasteiger partial charge is 0.493 e. The highest BCUT2D eigenvalue weighted by Crippen LogP contribution is 2.44. The van der Waals surface area contributed by atoms with Crippen molar-refractivity contribution in [3.8, 4) is 17.6 Å². The van der Waals surface area contributed by atoms with Gasteiger partial charge in [0.05, 0.1) is 39.2 Å². The average Bonchev–Trinajstić information content (AvgIpc) is 3.47. The third-order valence-corrected chi connectivity index (χ3v) is 7.09. The van der Waals surface area contributed by atoms with Crippen LogP contribution in [0.5, 0.6) is 11.5 Å². The molecule has 2 bridgehead atoms. The molecule has 4 atom stereocenters. The number of quaternary nitrogens is 1. The van der Waals surface area contributed by atoms with Gasteiger partial charge in [-0.25, -0.2) is 19.2 Å². The van der Waals surface area contributed by atoms with Gasteiger partial charge in [0.15, 0.2) is 29.4 Å². The molecule has 1 spiro atoms. The van der Waals surface area contributed by atoms with Crippen LogP contribution in [0.1, 0.15) is 16.8 Å². The molecule has 3 aliphatic heterocycles. The number of carbonyl (C=O) groups excluding carboxylic acids is 3. The number of fused-ring (bicyclic) bond motifs is 1. The van der Waals surface area contributed by atoms with Crippen LogP contribution in [-0.4, -0.2) is 78.1 Å². The lowest BCUT2D eigenvalue weighted by atomic mass is 9.98. The second-order valence-corrected chi connectivity index (χ2v) is 8.90. The molecule has 3 fully saturated rings. The second-order valence-electron chi connectivity index (χ2n) is 8.90. The summed E-state index contributed by atoms with van der Waals surface area (Å²) in [5.41, 5.74) is 1.90. The van der Waals surface area contributed by atoms with Gasteiger partial charge >= 0.3 is 6.03 Å². The minimum Gasteiger partial charge on any atom is -0.493 e. The Kier molecular flexibility index (Phi) is 5.11. The highest BCUT2D eigenvalue weighted by Gasteiger charge is 2.73. The first-order chi connectivity index (χ1) is 16.3. The minimum atomic E-state index is -0.638. The zero-order valence-electron chi connectivity index (χ0n) is 19.1. The number of aryl methyl sites for hydroxylation is 1. The molecule has 0 N–H and O–H groups in total. The van der Waals surface area contributed by atoms with Crippen LogP contribution in [-0.2, 0) is 16.0 Å². The maximum Gasteiger partial charge on any atom is 0.433 e. The molecule has 34 heavy (non-hydrogen) atoms. The third-order valence-electron chi connectivity index (χ3n) is 7.09. The van der Waals surface area contributed by atoms with Crippen molar-refractivity contribution >= 4 is 23.4 Å². The average molecular weight is 462 g/mol. The molecule has 2 aromatic rings. The van der Waals surface area contributed by atoms with Gasteiger partial charge < -0.3 is 9.47 Å². The normalized spacial score (nSPS) is 27.0. The Bertz CT molecular complexity index is 1270. The Morgan fingerprint density at radius 2 is 1.97 bits per heavy atom. The first-order valence-corrected chi connectivity index (χ1v) is 10.9. The minimum absolute atomic E-state index is 0.100. The van der Waals surface area contributed by atoms with Crippen molar-refractivity contribution in [2.75, 3.05) is 38.9 Å². The van der Waals surface area contributed by atoms with E-state index in [4.69, 9.17) is 14.7 Å². The molecule has 3 aliphatic rings. The number of anilines is 1. The number of carbonyl (C=O) groups is 3. The van der Waals surface area contributed by atoms with E-state index in [1.807, 2.05) is 11.0 Å². The smallest absolute Gasteiger partial charge is 0.433 e. The first-order valence-electron chi connectivity index (χ1n) is 10.9. The molecule has 0 aliphatic carbocycles. The highest BCUT2D eigenvalue weighted by molar-refractivity contribution is 6.18. The molecule has 0 radical (unpaired) electrons. The topological polar surface area (TPSA) is 113 Å². The van der Waals surface area contributed by atoms with Crippen LogP contribution >= 0.6 is 0 Å². The predicted molar refractivity (Wildman–Crippen MR) is 119 cm³/mol. The number of methoxy groups -OCH3 is 2. The Balaban J connectivity index is 1.45. The number of amides is 3. The van der Waals surface area contributed by atoms with Crippen molar-refractivity contribution in [1.29, 1.82) is 5.26 Å². The number of piperazine rings is 1. The Labute approximate surface area is 196 Å². The van der Waals surface area contributed by atoms with E-state index in [1.54, 1.807) is 38.3 Å². The summed E-state index contributed by atoms with van der Waals surface area (Å²) in [5.74, 6) is 0.660. The van der Waals surface area contributed by atoms with E-state index in [-0.39, 0.29) is 28.3 Å². The van der Waals surface area contributed by atoms with Crippen molar-refractivity contribution in [1.82, 2.24) is 9.88 Å². The summed E-state index contributed by atoms with van der Waals surface area (Å²) in [4.78, 5) is 47.9. The molecule has 174 valence electrons. The second kappa shape index (κ2) is 7.90. The number of aromatic nitrogens is 1. The van der Waals surface area contributed by atoms with Gasteiger partial charge in [0.1, 0.15) is 18.4 Å². The number of benzene rings is 1. The van der Waals surface area contributed by atoms with Gasteiger partial charge in [-0.05, 0) is 36.2 Å². The SMILES string of the molecule is COc1ccc(CC(=O)C2CN3CC4C(=O)N(c5cnc(C#N)c(C)c5)C(=O)[N+]24C3)cc1OC.